The number of hydrogen-bond donors (Lipinski definition) is 2. The van der Waals surface area contributed by atoms with Crippen LogP contribution in [0.15, 0.2) is 0 Å². The van der Waals surface area contributed by atoms with Crippen LogP contribution in [0.1, 0.15) is 40.0 Å². The second kappa shape index (κ2) is 5.33. The van der Waals surface area contributed by atoms with Crippen molar-refractivity contribution in [1.82, 2.24) is 9.80 Å². The number of amides is 1. The Kier molecular flexibility index (Phi) is 4.07. The fourth-order valence-corrected chi connectivity index (χ4v) is 3.57. The molecule has 4 atom stereocenters. The predicted molar refractivity (Wildman–Crippen MR) is 75.2 cm³/mol. The lowest BCUT2D eigenvalue weighted by Crippen LogP contribution is -2.54. The molecule has 20 heavy (non-hydrogen) atoms. The Morgan fingerprint density at radius 2 is 1.85 bits per heavy atom. The number of carboxylic acids is 1. The molecule has 0 spiro atoms. The summed E-state index contributed by atoms with van der Waals surface area (Å²) in [6.07, 6.45) is 2.54. The van der Waals surface area contributed by atoms with Gasteiger partial charge in [-0.15, -0.1) is 0 Å². The van der Waals surface area contributed by atoms with Crippen LogP contribution in [0.5, 0.6) is 0 Å². The van der Waals surface area contributed by atoms with Gasteiger partial charge in [0.15, 0.2) is 0 Å². The Labute approximate surface area is 119 Å². The van der Waals surface area contributed by atoms with Crippen molar-refractivity contribution < 1.29 is 14.7 Å². The van der Waals surface area contributed by atoms with E-state index in [1.165, 1.54) is 0 Å². The van der Waals surface area contributed by atoms with Gasteiger partial charge in [-0.1, -0.05) is 0 Å². The van der Waals surface area contributed by atoms with E-state index in [4.69, 9.17) is 10.8 Å². The predicted octanol–water partition coefficient (Wildman–Crippen LogP) is 0.262. The molecule has 2 rings (SSSR count). The highest BCUT2D eigenvalue weighted by atomic mass is 16.4. The molecule has 1 amide bonds. The molecule has 6 nitrogen and oxygen atoms in total. The summed E-state index contributed by atoms with van der Waals surface area (Å²) in [5.41, 5.74) is 4.55. The van der Waals surface area contributed by atoms with E-state index < -0.39 is 11.5 Å². The quantitative estimate of drug-likeness (QED) is 0.776. The number of carbonyl (C=O) groups is 2. The molecule has 2 saturated heterocycles. The maximum absolute atomic E-state index is 12.6. The first-order valence-electron chi connectivity index (χ1n) is 7.35. The van der Waals surface area contributed by atoms with E-state index in [1.807, 2.05) is 6.92 Å². The van der Waals surface area contributed by atoms with Crippen molar-refractivity contribution in [3.05, 3.63) is 0 Å². The average molecular weight is 283 g/mol. The van der Waals surface area contributed by atoms with Gasteiger partial charge in [0.2, 0.25) is 5.91 Å². The molecule has 0 aromatic carbocycles. The zero-order valence-corrected chi connectivity index (χ0v) is 12.5. The normalized spacial score (nSPS) is 36.3. The molecule has 0 bridgehead atoms. The van der Waals surface area contributed by atoms with Gasteiger partial charge in [0, 0.05) is 25.2 Å². The van der Waals surface area contributed by atoms with Gasteiger partial charge in [0.05, 0.1) is 6.04 Å². The zero-order valence-electron chi connectivity index (χ0n) is 12.5. The van der Waals surface area contributed by atoms with Gasteiger partial charge in [-0.3, -0.25) is 14.5 Å². The van der Waals surface area contributed by atoms with E-state index in [0.717, 1.165) is 12.8 Å². The van der Waals surface area contributed by atoms with E-state index in [2.05, 4.69) is 18.7 Å². The monoisotopic (exact) mass is 283 g/mol. The molecule has 3 N–H and O–H groups in total. The van der Waals surface area contributed by atoms with Gasteiger partial charge in [-0.05, 0) is 40.0 Å². The van der Waals surface area contributed by atoms with Crippen LogP contribution in [0.25, 0.3) is 0 Å². The lowest BCUT2D eigenvalue weighted by molar-refractivity contribution is -0.143. The minimum absolute atomic E-state index is 0.000764. The molecule has 2 fully saturated rings. The Hall–Kier alpha value is -1.14. The van der Waals surface area contributed by atoms with Gasteiger partial charge >= 0.3 is 5.97 Å². The van der Waals surface area contributed by atoms with Crippen LogP contribution in [-0.2, 0) is 9.59 Å². The van der Waals surface area contributed by atoms with Crippen molar-refractivity contribution in [2.75, 3.05) is 13.1 Å². The van der Waals surface area contributed by atoms with Crippen molar-refractivity contribution in [1.29, 1.82) is 0 Å². The van der Waals surface area contributed by atoms with E-state index in [9.17, 15) is 9.59 Å². The molecule has 2 aliphatic heterocycles. The second-order valence-corrected chi connectivity index (χ2v) is 6.37. The molecule has 2 aliphatic rings. The fourth-order valence-electron chi connectivity index (χ4n) is 3.57. The molecule has 114 valence electrons. The summed E-state index contributed by atoms with van der Waals surface area (Å²) in [5, 5.41) is 9.13. The number of carbonyl (C=O) groups excluding carboxylic acids is 1. The summed E-state index contributed by atoms with van der Waals surface area (Å²) in [6.45, 7) is 6.74. The van der Waals surface area contributed by atoms with Crippen LogP contribution < -0.4 is 5.73 Å². The van der Waals surface area contributed by atoms with E-state index in [0.29, 0.717) is 25.0 Å². The van der Waals surface area contributed by atoms with Gasteiger partial charge in [-0.2, -0.15) is 0 Å². The second-order valence-electron chi connectivity index (χ2n) is 6.37. The van der Waals surface area contributed by atoms with Gasteiger partial charge in [0.25, 0.3) is 0 Å². The third-order valence-electron chi connectivity index (χ3n) is 4.86. The summed E-state index contributed by atoms with van der Waals surface area (Å²) < 4.78 is 0. The molecule has 2 heterocycles. The summed E-state index contributed by atoms with van der Waals surface area (Å²) in [5.74, 6) is -1.03. The van der Waals surface area contributed by atoms with Crippen molar-refractivity contribution in [3.63, 3.8) is 0 Å². The number of carboxylic acid groups (broad SMARTS) is 1. The third-order valence-corrected chi connectivity index (χ3v) is 4.86. The molecular formula is C14H25N3O3. The first-order chi connectivity index (χ1) is 9.26. The maximum atomic E-state index is 12.6. The van der Waals surface area contributed by atoms with Crippen LogP contribution in [0.4, 0.5) is 0 Å². The first-order valence-corrected chi connectivity index (χ1v) is 7.35. The minimum Gasteiger partial charge on any atom is -0.480 e. The van der Waals surface area contributed by atoms with E-state index in [-0.39, 0.29) is 18.5 Å². The highest BCUT2D eigenvalue weighted by Gasteiger charge is 2.45. The molecule has 6 heteroatoms. The molecule has 0 aromatic rings. The number of rotatable bonds is 3. The van der Waals surface area contributed by atoms with E-state index in [1.54, 1.807) is 4.90 Å². The largest absolute Gasteiger partial charge is 0.480 e. The summed E-state index contributed by atoms with van der Waals surface area (Å²) in [6, 6.07) is 0.584. The van der Waals surface area contributed by atoms with Gasteiger partial charge in [-0.25, -0.2) is 0 Å². The molecule has 0 radical (unpaired) electrons. The molecule has 0 aliphatic carbocycles. The van der Waals surface area contributed by atoms with Crippen molar-refractivity contribution >= 4 is 11.9 Å². The van der Waals surface area contributed by atoms with Crippen LogP contribution in [0, 0.1) is 0 Å². The Bertz CT molecular complexity index is 404. The highest BCUT2D eigenvalue weighted by Crippen LogP contribution is 2.28. The minimum atomic E-state index is -1.28. The summed E-state index contributed by atoms with van der Waals surface area (Å²) >= 11 is 0. The van der Waals surface area contributed by atoms with Crippen LogP contribution in [-0.4, -0.2) is 63.5 Å². The van der Waals surface area contributed by atoms with Crippen LogP contribution in [0.3, 0.4) is 0 Å². The van der Waals surface area contributed by atoms with Gasteiger partial charge in [0.1, 0.15) is 5.54 Å². The Morgan fingerprint density at radius 3 is 2.30 bits per heavy atom. The van der Waals surface area contributed by atoms with Crippen molar-refractivity contribution in [3.8, 4) is 0 Å². The maximum Gasteiger partial charge on any atom is 0.325 e. The lowest BCUT2D eigenvalue weighted by atomic mass is 10.0. The average Bonchev–Trinajstić information content (AvgIpc) is 2.93. The molecule has 4 unspecified atom stereocenters. The topological polar surface area (TPSA) is 86.9 Å². The smallest absolute Gasteiger partial charge is 0.325 e. The number of nitrogens with two attached hydrogens (primary N) is 1. The lowest BCUT2D eigenvalue weighted by Gasteiger charge is -2.34. The molecule has 0 saturated carbocycles. The number of likely N-dealkylation sites (tertiary alicyclic amines) is 2. The van der Waals surface area contributed by atoms with Crippen LogP contribution >= 0.6 is 0 Å². The SMILES string of the molecule is CC1CCC(C)N1C(C)C(=O)N1CCC(N)(C(=O)O)C1. The van der Waals surface area contributed by atoms with Crippen molar-refractivity contribution in [2.45, 2.75) is 63.7 Å². The van der Waals surface area contributed by atoms with E-state index >= 15 is 0 Å². The molecule has 0 aromatic heterocycles. The standard InChI is InChI=1S/C14H25N3O3/c1-9-4-5-10(2)17(9)11(3)12(18)16-7-6-14(15,8-16)13(19)20/h9-11H,4-8,15H2,1-3H3,(H,19,20). The Morgan fingerprint density at radius 1 is 1.30 bits per heavy atom. The fraction of sp³-hybridized carbons (Fsp3) is 0.857. The highest BCUT2D eigenvalue weighted by molar-refractivity contribution is 5.85. The zero-order chi connectivity index (χ0) is 15.1. The number of aliphatic carboxylic acids is 1. The summed E-state index contributed by atoms with van der Waals surface area (Å²) in [4.78, 5) is 27.6. The molecular weight excluding hydrogens is 258 g/mol. The van der Waals surface area contributed by atoms with Crippen LogP contribution in [0.2, 0.25) is 0 Å². The summed E-state index contributed by atoms with van der Waals surface area (Å²) in [7, 11) is 0. The third kappa shape index (κ3) is 2.54. The Balaban J connectivity index is 2.03. The number of hydrogen-bond acceptors (Lipinski definition) is 4. The first kappa shape index (κ1) is 15.3. The number of nitrogens with zero attached hydrogens (tertiary/aromatic N) is 2. The van der Waals surface area contributed by atoms with Crippen molar-refractivity contribution in [2.24, 2.45) is 5.73 Å². The van der Waals surface area contributed by atoms with Gasteiger partial charge < -0.3 is 15.7 Å².